The standard InChI is InChI=1S/C24H29N5O2S/c1-17(23(30)25-18-8-10-19(11-9-18)28(2)3)32-24-20-6-4-5-7-21(20)26-22(27-24)16-29-12-14-31-15-13-29/h4-11,17H,12-16H2,1-3H3,(H,25,30). The van der Waals surface area contributed by atoms with E-state index in [1.54, 1.807) is 0 Å². The summed E-state index contributed by atoms with van der Waals surface area (Å²) in [7, 11) is 3.98. The third-order valence-corrected chi connectivity index (χ3v) is 6.49. The molecule has 1 aliphatic heterocycles. The van der Waals surface area contributed by atoms with Gasteiger partial charge in [0.2, 0.25) is 5.91 Å². The molecule has 1 aromatic heterocycles. The summed E-state index contributed by atoms with van der Waals surface area (Å²) in [5.74, 6) is 0.727. The number of aromatic nitrogens is 2. The number of anilines is 2. The van der Waals surface area contributed by atoms with Crippen LogP contribution in [0.2, 0.25) is 0 Å². The van der Waals surface area contributed by atoms with Crippen LogP contribution < -0.4 is 10.2 Å². The first kappa shape index (κ1) is 22.5. The van der Waals surface area contributed by atoms with Crippen LogP contribution in [0.15, 0.2) is 53.6 Å². The lowest BCUT2D eigenvalue weighted by Crippen LogP contribution is -2.36. The maximum atomic E-state index is 12.9. The number of nitrogens with zero attached hydrogens (tertiary/aromatic N) is 4. The largest absolute Gasteiger partial charge is 0.379 e. The van der Waals surface area contributed by atoms with Gasteiger partial charge >= 0.3 is 0 Å². The Kier molecular flexibility index (Phi) is 7.24. The molecule has 0 saturated carbocycles. The second-order valence-corrected chi connectivity index (χ2v) is 9.37. The Hall–Kier alpha value is -2.68. The normalized spacial score (nSPS) is 15.5. The van der Waals surface area contributed by atoms with E-state index >= 15 is 0 Å². The Morgan fingerprint density at radius 2 is 1.84 bits per heavy atom. The Morgan fingerprint density at radius 1 is 1.12 bits per heavy atom. The van der Waals surface area contributed by atoms with Crippen LogP contribution in [0.1, 0.15) is 12.7 Å². The molecule has 1 amide bonds. The number of hydrogen-bond donors (Lipinski definition) is 1. The molecule has 1 fully saturated rings. The van der Waals surface area contributed by atoms with E-state index in [0.29, 0.717) is 6.54 Å². The zero-order chi connectivity index (χ0) is 22.5. The number of thioether (sulfide) groups is 1. The fraction of sp³-hybridized carbons (Fsp3) is 0.375. The Balaban J connectivity index is 1.49. The molecule has 1 unspecified atom stereocenters. The predicted octanol–water partition coefficient (Wildman–Crippen LogP) is 3.65. The number of fused-ring (bicyclic) bond motifs is 1. The van der Waals surface area contributed by atoms with Gasteiger partial charge in [0.05, 0.1) is 30.5 Å². The molecule has 1 N–H and O–H groups in total. The van der Waals surface area contributed by atoms with Crippen molar-refractivity contribution in [2.75, 3.05) is 50.6 Å². The van der Waals surface area contributed by atoms with Gasteiger partial charge in [-0.1, -0.05) is 30.0 Å². The summed E-state index contributed by atoms with van der Waals surface area (Å²) < 4.78 is 5.44. The average Bonchev–Trinajstić information content (AvgIpc) is 2.80. The van der Waals surface area contributed by atoms with E-state index in [-0.39, 0.29) is 11.2 Å². The van der Waals surface area contributed by atoms with Crippen LogP contribution in [0, 0.1) is 0 Å². The van der Waals surface area contributed by atoms with E-state index in [1.165, 1.54) is 11.8 Å². The van der Waals surface area contributed by atoms with Gasteiger partial charge in [-0.25, -0.2) is 9.97 Å². The van der Waals surface area contributed by atoms with Crippen molar-refractivity contribution < 1.29 is 9.53 Å². The first-order valence-corrected chi connectivity index (χ1v) is 11.7. The predicted molar refractivity (Wildman–Crippen MR) is 130 cm³/mol. The summed E-state index contributed by atoms with van der Waals surface area (Å²) in [5.41, 5.74) is 2.78. The molecule has 168 valence electrons. The molecule has 1 aliphatic rings. The van der Waals surface area contributed by atoms with E-state index in [4.69, 9.17) is 14.7 Å². The van der Waals surface area contributed by atoms with Crippen LogP contribution in [-0.4, -0.2) is 66.4 Å². The molecule has 3 aromatic rings. The van der Waals surface area contributed by atoms with Crippen molar-refractivity contribution in [2.24, 2.45) is 0 Å². The van der Waals surface area contributed by atoms with E-state index in [0.717, 1.165) is 59.4 Å². The molecule has 8 heteroatoms. The van der Waals surface area contributed by atoms with Crippen molar-refractivity contribution in [3.63, 3.8) is 0 Å². The molecular formula is C24H29N5O2S. The van der Waals surface area contributed by atoms with Crippen molar-refractivity contribution in [3.05, 3.63) is 54.4 Å². The minimum Gasteiger partial charge on any atom is -0.379 e. The summed E-state index contributed by atoms with van der Waals surface area (Å²) in [6.45, 7) is 5.82. The lowest BCUT2D eigenvalue weighted by Gasteiger charge is -2.26. The SMILES string of the molecule is CC(Sc1nc(CN2CCOCC2)nc2ccccc12)C(=O)Nc1ccc(N(C)C)cc1. The van der Waals surface area contributed by atoms with Crippen molar-refractivity contribution in [1.82, 2.24) is 14.9 Å². The van der Waals surface area contributed by atoms with Crippen LogP contribution in [0.5, 0.6) is 0 Å². The lowest BCUT2D eigenvalue weighted by molar-refractivity contribution is -0.115. The first-order chi connectivity index (χ1) is 15.5. The van der Waals surface area contributed by atoms with Gasteiger partial charge in [-0.3, -0.25) is 9.69 Å². The van der Waals surface area contributed by atoms with Crippen LogP contribution in [0.3, 0.4) is 0 Å². The highest BCUT2D eigenvalue weighted by Crippen LogP contribution is 2.29. The van der Waals surface area contributed by atoms with Gasteiger partial charge in [0, 0.05) is 43.9 Å². The summed E-state index contributed by atoms with van der Waals surface area (Å²) >= 11 is 1.47. The first-order valence-electron chi connectivity index (χ1n) is 10.8. The average molecular weight is 452 g/mol. The number of rotatable bonds is 7. The number of benzene rings is 2. The molecule has 0 radical (unpaired) electrons. The van der Waals surface area contributed by atoms with Crippen molar-refractivity contribution in [1.29, 1.82) is 0 Å². The van der Waals surface area contributed by atoms with Gasteiger partial charge < -0.3 is 15.0 Å². The summed E-state index contributed by atoms with van der Waals surface area (Å²) in [4.78, 5) is 26.8. The third kappa shape index (κ3) is 5.56. The molecule has 1 saturated heterocycles. The molecule has 32 heavy (non-hydrogen) atoms. The molecule has 2 aromatic carbocycles. The topological polar surface area (TPSA) is 70.6 Å². The van der Waals surface area contributed by atoms with Crippen LogP contribution in [0.25, 0.3) is 10.9 Å². The number of amides is 1. The van der Waals surface area contributed by atoms with Crippen molar-refractivity contribution in [2.45, 2.75) is 23.7 Å². The molecule has 0 aliphatic carbocycles. The highest BCUT2D eigenvalue weighted by Gasteiger charge is 2.19. The molecular weight excluding hydrogens is 422 g/mol. The zero-order valence-electron chi connectivity index (χ0n) is 18.7. The van der Waals surface area contributed by atoms with Crippen molar-refractivity contribution in [3.8, 4) is 0 Å². The number of carbonyl (C=O) groups is 1. The number of carbonyl (C=O) groups excluding carboxylic acids is 1. The maximum Gasteiger partial charge on any atom is 0.237 e. The number of nitrogens with one attached hydrogen (secondary N) is 1. The van der Waals surface area contributed by atoms with Gasteiger partial charge in [-0.05, 0) is 37.3 Å². The maximum absolute atomic E-state index is 12.9. The third-order valence-electron chi connectivity index (χ3n) is 5.39. The molecule has 4 rings (SSSR count). The Labute approximate surface area is 193 Å². The fourth-order valence-corrected chi connectivity index (χ4v) is 4.48. The number of morpholine rings is 1. The van der Waals surface area contributed by atoms with Crippen LogP contribution >= 0.6 is 11.8 Å². The number of ether oxygens (including phenoxy) is 1. The second-order valence-electron chi connectivity index (χ2n) is 8.04. The molecule has 2 heterocycles. The minimum atomic E-state index is -0.307. The van der Waals surface area contributed by atoms with Crippen LogP contribution in [0.4, 0.5) is 11.4 Å². The van der Waals surface area contributed by atoms with E-state index in [1.807, 2.05) is 74.4 Å². The van der Waals surface area contributed by atoms with Crippen LogP contribution in [-0.2, 0) is 16.1 Å². The van der Waals surface area contributed by atoms with E-state index < -0.39 is 0 Å². The van der Waals surface area contributed by atoms with Gasteiger partial charge in [0.1, 0.15) is 10.9 Å². The van der Waals surface area contributed by atoms with Gasteiger partial charge in [-0.2, -0.15) is 0 Å². The summed E-state index contributed by atoms with van der Waals surface area (Å²) in [5, 5.41) is 4.51. The fourth-order valence-electron chi connectivity index (χ4n) is 3.52. The molecule has 0 spiro atoms. The van der Waals surface area contributed by atoms with Crippen molar-refractivity contribution >= 4 is 39.9 Å². The molecule has 0 bridgehead atoms. The number of para-hydroxylation sites is 1. The Morgan fingerprint density at radius 3 is 2.56 bits per heavy atom. The van der Waals surface area contributed by atoms with E-state index in [9.17, 15) is 4.79 Å². The second kappa shape index (κ2) is 10.3. The number of hydrogen-bond acceptors (Lipinski definition) is 7. The summed E-state index contributed by atoms with van der Waals surface area (Å²) in [6, 6.07) is 15.8. The monoisotopic (exact) mass is 451 g/mol. The lowest BCUT2D eigenvalue weighted by atomic mass is 10.2. The highest BCUT2D eigenvalue weighted by molar-refractivity contribution is 8.00. The van der Waals surface area contributed by atoms with Gasteiger partial charge in [-0.15, -0.1) is 0 Å². The molecule has 7 nitrogen and oxygen atoms in total. The quantitative estimate of drug-likeness (QED) is 0.434. The smallest absolute Gasteiger partial charge is 0.237 e. The summed E-state index contributed by atoms with van der Waals surface area (Å²) in [6.07, 6.45) is 0. The van der Waals surface area contributed by atoms with Gasteiger partial charge in [0.15, 0.2) is 0 Å². The Bertz CT molecular complexity index is 1070. The highest BCUT2D eigenvalue weighted by atomic mass is 32.2. The zero-order valence-corrected chi connectivity index (χ0v) is 19.6. The molecule has 1 atom stereocenters. The van der Waals surface area contributed by atoms with Gasteiger partial charge in [0.25, 0.3) is 0 Å². The van der Waals surface area contributed by atoms with E-state index in [2.05, 4.69) is 10.2 Å². The minimum absolute atomic E-state index is 0.0509.